The van der Waals surface area contributed by atoms with Crippen molar-refractivity contribution < 1.29 is 19.3 Å². The minimum Gasteiger partial charge on any atom is -0.481 e. The standard InChI is InChI=1S/C26H42O3.H2OP/c1-5-6-7-8-9-10-11-12-15-23(26(28)29)16-13-14-17-24(27)25-21(3)18-20(2)19-22(25)4;1-2/h18-19,23H,5-17H2,1-4H3,(H,28,29);2H2/q;+1. The predicted octanol–water partition coefficient (Wildman–Crippen LogP) is 7.79. The van der Waals surface area contributed by atoms with E-state index in [4.69, 9.17) is 4.57 Å². The fraction of sp³-hybridized carbons (Fsp3) is 0.692. The maximum absolute atomic E-state index is 12.6. The average Bonchev–Trinajstić information content (AvgIpc) is 2.71. The summed E-state index contributed by atoms with van der Waals surface area (Å²) in [6.07, 6.45) is 13.4. The van der Waals surface area contributed by atoms with Crippen molar-refractivity contribution in [3.63, 3.8) is 0 Å². The summed E-state index contributed by atoms with van der Waals surface area (Å²) >= 11 is 0. The third-order valence-corrected chi connectivity index (χ3v) is 5.92. The first-order valence-corrected chi connectivity index (χ1v) is 12.4. The Kier molecular flexibility index (Phi) is 17.2. The number of carbonyl (C=O) groups excluding carboxylic acids is 1. The lowest BCUT2D eigenvalue weighted by Gasteiger charge is -2.13. The maximum Gasteiger partial charge on any atom is 0.310 e. The Balaban J connectivity index is 0.00000436. The van der Waals surface area contributed by atoms with Crippen molar-refractivity contribution in [1.29, 1.82) is 0 Å². The van der Waals surface area contributed by atoms with Crippen LogP contribution in [0.4, 0.5) is 0 Å². The molecular formula is C26H44O4P+. The SMILES string of the molecule is CCCCCCCCCCC(CCCCC(=O)c1c(C)cc(C)cc1C)C(=O)O.O=[PH2+]. The summed E-state index contributed by atoms with van der Waals surface area (Å²) in [6, 6.07) is 4.12. The summed E-state index contributed by atoms with van der Waals surface area (Å²) in [7, 11) is 1.17. The summed E-state index contributed by atoms with van der Waals surface area (Å²) in [4.78, 5) is 24.1. The molecule has 0 amide bonds. The molecule has 2 unspecified atom stereocenters. The topological polar surface area (TPSA) is 71.4 Å². The number of carboxylic acids is 1. The molecule has 1 rings (SSSR count). The Morgan fingerprint density at radius 2 is 1.26 bits per heavy atom. The van der Waals surface area contributed by atoms with E-state index in [-0.39, 0.29) is 11.7 Å². The number of hydrogen-bond donors (Lipinski definition) is 1. The first-order chi connectivity index (χ1) is 14.9. The van der Waals surface area contributed by atoms with Gasteiger partial charge in [-0.05, 0) is 51.2 Å². The molecule has 0 aliphatic heterocycles. The number of unbranched alkanes of at least 4 members (excludes halogenated alkanes) is 8. The van der Waals surface area contributed by atoms with Crippen LogP contribution < -0.4 is 0 Å². The van der Waals surface area contributed by atoms with E-state index in [1.54, 1.807) is 0 Å². The molecule has 0 radical (unpaired) electrons. The highest BCUT2D eigenvalue weighted by Gasteiger charge is 2.17. The number of hydrogen-bond acceptors (Lipinski definition) is 3. The molecule has 1 aromatic rings. The lowest BCUT2D eigenvalue weighted by atomic mass is 9.92. The van der Waals surface area contributed by atoms with Gasteiger partial charge in [-0.3, -0.25) is 9.59 Å². The molecule has 0 saturated carbocycles. The van der Waals surface area contributed by atoms with E-state index in [1.807, 2.05) is 20.8 Å². The summed E-state index contributed by atoms with van der Waals surface area (Å²) in [5.74, 6) is -0.743. The molecular weight excluding hydrogens is 407 g/mol. The molecule has 2 atom stereocenters. The largest absolute Gasteiger partial charge is 0.481 e. The molecule has 1 N–H and O–H groups in total. The van der Waals surface area contributed by atoms with Crippen LogP contribution in [0.5, 0.6) is 0 Å². The Bertz CT molecular complexity index is 634. The minimum atomic E-state index is -0.676. The third-order valence-electron chi connectivity index (χ3n) is 5.92. The number of rotatable bonds is 16. The van der Waals surface area contributed by atoms with Crippen LogP contribution in [0.3, 0.4) is 0 Å². The summed E-state index contributed by atoms with van der Waals surface area (Å²) in [6.45, 7) is 8.27. The van der Waals surface area contributed by atoms with Crippen molar-refractivity contribution in [2.24, 2.45) is 5.92 Å². The lowest BCUT2D eigenvalue weighted by Crippen LogP contribution is -2.14. The van der Waals surface area contributed by atoms with Gasteiger partial charge in [0.2, 0.25) is 0 Å². The molecule has 31 heavy (non-hydrogen) atoms. The lowest BCUT2D eigenvalue weighted by molar-refractivity contribution is -0.142. The van der Waals surface area contributed by atoms with Crippen molar-refractivity contribution in [2.75, 3.05) is 0 Å². The van der Waals surface area contributed by atoms with Crippen molar-refractivity contribution in [1.82, 2.24) is 0 Å². The fourth-order valence-electron chi connectivity index (χ4n) is 4.34. The van der Waals surface area contributed by atoms with Gasteiger partial charge in [-0.15, -0.1) is 0 Å². The number of benzene rings is 1. The van der Waals surface area contributed by atoms with Crippen LogP contribution in [0.15, 0.2) is 12.1 Å². The Hall–Kier alpha value is -1.54. The van der Waals surface area contributed by atoms with Gasteiger partial charge >= 0.3 is 15.1 Å². The van der Waals surface area contributed by atoms with Crippen molar-refractivity contribution in [2.45, 2.75) is 111 Å². The number of Topliss-reactive ketones (excluding diaryl/α,β-unsaturated/α-hetero) is 1. The van der Waals surface area contributed by atoms with Gasteiger partial charge in [0.05, 0.1) is 5.92 Å². The zero-order valence-electron chi connectivity index (χ0n) is 20.2. The van der Waals surface area contributed by atoms with Crippen LogP contribution in [0.25, 0.3) is 0 Å². The van der Waals surface area contributed by atoms with Crippen LogP contribution in [-0.4, -0.2) is 16.9 Å². The monoisotopic (exact) mass is 451 g/mol. The zero-order chi connectivity index (χ0) is 23.6. The highest BCUT2D eigenvalue weighted by molar-refractivity contribution is 7.00. The average molecular weight is 452 g/mol. The smallest absolute Gasteiger partial charge is 0.310 e. The number of ketones is 1. The van der Waals surface area contributed by atoms with E-state index in [0.717, 1.165) is 48.8 Å². The first-order valence-electron chi connectivity index (χ1n) is 11.9. The third kappa shape index (κ3) is 12.8. The van der Waals surface area contributed by atoms with E-state index in [2.05, 4.69) is 19.1 Å². The fourth-order valence-corrected chi connectivity index (χ4v) is 4.34. The second-order valence-electron chi connectivity index (χ2n) is 8.74. The molecule has 0 bridgehead atoms. The van der Waals surface area contributed by atoms with Gasteiger partial charge in [0.25, 0.3) is 0 Å². The highest BCUT2D eigenvalue weighted by Crippen LogP contribution is 2.22. The quantitative estimate of drug-likeness (QED) is 0.158. The molecule has 5 heteroatoms. The molecule has 0 fully saturated rings. The molecule has 0 aromatic heterocycles. The van der Waals surface area contributed by atoms with Crippen LogP contribution in [0.2, 0.25) is 0 Å². The zero-order valence-corrected chi connectivity index (χ0v) is 21.3. The molecule has 4 nitrogen and oxygen atoms in total. The van der Waals surface area contributed by atoms with E-state index >= 15 is 0 Å². The molecule has 0 saturated heterocycles. The normalized spacial score (nSPS) is 11.5. The highest BCUT2D eigenvalue weighted by atomic mass is 31.0. The molecule has 176 valence electrons. The number of aliphatic carboxylic acids is 1. The Morgan fingerprint density at radius 1 is 0.806 bits per heavy atom. The Labute approximate surface area is 191 Å². The van der Waals surface area contributed by atoms with E-state index in [0.29, 0.717) is 12.8 Å². The van der Waals surface area contributed by atoms with Crippen molar-refractivity contribution in [3.8, 4) is 0 Å². The van der Waals surface area contributed by atoms with Crippen LogP contribution >= 0.6 is 9.12 Å². The number of carbonyl (C=O) groups is 2. The van der Waals surface area contributed by atoms with Gasteiger partial charge < -0.3 is 5.11 Å². The van der Waals surface area contributed by atoms with Crippen molar-refractivity contribution in [3.05, 3.63) is 34.4 Å². The van der Waals surface area contributed by atoms with E-state index in [9.17, 15) is 14.7 Å². The van der Waals surface area contributed by atoms with Gasteiger partial charge in [-0.1, -0.05) is 87.0 Å². The molecule has 0 aliphatic rings. The van der Waals surface area contributed by atoms with E-state index in [1.165, 1.54) is 53.2 Å². The Morgan fingerprint density at radius 3 is 1.74 bits per heavy atom. The van der Waals surface area contributed by atoms with Crippen molar-refractivity contribution >= 4 is 20.9 Å². The molecule has 0 aliphatic carbocycles. The number of aryl methyl sites for hydroxylation is 3. The van der Waals surface area contributed by atoms with Gasteiger partial charge in [-0.2, -0.15) is 0 Å². The summed E-state index contributed by atoms with van der Waals surface area (Å²) < 4.78 is 8.17. The second kappa shape index (κ2) is 18.1. The van der Waals surface area contributed by atoms with E-state index < -0.39 is 5.97 Å². The molecule has 0 heterocycles. The molecule has 1 aromatic carbocycles. The first kappa shape index (κ1) is 29.5. The summed E-state index contributed by atoms with van der Waals surface area (Å²) in [5.41, 5.74) is 4.13. The second-order valence-corrected chi connectivity index (χ2v) is 8.74. The van der Waals surface area contributed by atoms with Crippen LogP contribution in [0.1, 0.15) is 117 Å². The van der Waals surface area contributed by atoms with Gasteiger partial charge in [-0.25, -0.2) is 0 Å². The van der Waals surface area contributed by atoms with Crippen LogP contribution in [-0.2, 0) is 9.36 Å². The summed E-state index contributed by atoms with van der Waals surface area (Å²) in [5, 5.41) is 9.49. The maximum atomic E-state index is 12.6. The predicted molar refractivity (Wildman–Crippen MR) is 132 cm³/mol. The number of carboxylic acid groups (broad SMARTS) is 1. The van der Waals surface area contributed by atoms with Gasteiger partial charge in [0.15, 0.2) is 5.78 Å². The molecule has 0 spiro atoms. The van der Waals surface area contributed by atoms with Gasteiger partial charge in [0.1, 0.15) is 0 Å². The minimum absolute atomic E-state index is 0.190. The van der Waals surface area contributed by atoms with Crippen LogP contribution in [0, 0.1) is 26.7 Å². The van der Waals surface area contributed by atoms with Gasteiger partial charge in [0, 0.05) is 12.0 Å².